The summed E-state index contributed by atoms with van der Waals surface area (Å²) in [4.78, 5) is 0. The zero-order valence-corrected chi connectivity index (χ0v) is 11.6. The van der Waals surface area contributed by atoms with Crippen LogP contribution < -0.4 is 5.32 Å². The van der Waals surface area contributed by atoms with Crippen molar-refractivity contribution in [3.05, 3.63) is 35.4 Å². The molecule has 108 valence electrons. The Morgan fingerprint density at radius 2 is 1.84 bits per heavy atom. The van der Waals surface area contributed by atoms with E-state index in [0.717, 1.165) is 6.07 Å². The van der Waals surface area contributed by atoms with Gasteiger partial charge in [0.25, 0.3) is 0 Å². The Bertz CT molecular complexity index is 413. The fourth-order valence-corrected chi connectivity index (χ4v) is 2.26. The summed E-state index contributed by atoms with van der Waals surface area (Å²) in [5.41, 5.74) is -1.11. The number of nitrogens with one attached hydrogen (secondary N) is 1. The molecule has 0 saturated heterocycles. The van der Waals surface area contributed by atoms with Gasteiger partial charge in [0.1, 0.15) is 0 Å². The van der Waals surface area contributed by atoms with Crippen molar-refractivity contribution in [3.8, 4) is 0 Å². The molecule has 0 heterocycles. The Morgan fingerprint density at radius 3 is 2.26 bits per heavy atom. The molecular weight excluding hydrogens is 255 g/mol. The molecular formula is C14H20F3NO. The lowest BCUT2D eigenvalue weighted by molar-refractivity contribution is -0.139. The molecule has 1 rings (SSSR count). The predicted octanol–water partition coefficient (Wildman–Crippen LogP) is 3.78. The number of hydrogen-bond acceptors (Lipinski definition) is 2. The van der Waals surface area contributed by atoms with Crippen LogP contribution in [0, 0.1) is 0 Å². The van der Waals surface area contributed by atoms with E-state index in [2.05, 4.69) is 5.32 Å². The van der Waals surface area contributed by atoms with Crippen molar-refractivity contribution >= 4 is 0 Å². The SMILES string of the molecule is CCC(C)(OC)C(NC)c1ccccc1C(F)(F)F. The number of methoxy groups -OCH3 is 1. The van der Waals surface area contributed by atoms with Crippen molar-refractivity contribution in [2.24, 2.45) is 0 Å². The summed E-state index contributed by atoms with van der Waals surface area (Å²) in [5.74, 6) is 0. The Morgan fingerprint density at radius 1 is 1.26 bits per heavy atom. The summed E-state index contributed by atoms with van der Waals surface area (Å²) in [6, 6.07) is 5.08. The molecule has 0 radical (unpaired) electrons. The van der Waals surface area contributed by atoms with Crippen LogP contribution in [0.15, 0.2) is 24.3 Å². The largest absolute Gasteiger partial charge is 0.416 e. The van der Waals surface area contributed by atoms with E-state index in [1.807, 2.05) is 6.92 Å². The maximum absolute atomic E-state index is 13.1. The molecule has 2 atom stereocenters. The molecule has 0 amide bonds. The number of alkyl halides is 3. The van der Waals surface area contributed by atoms with E-state index in [1.165, 1.54) is 19.2 Å². The summed E-state index contributed by atoms with van der Waals surface area (Å²) < 4.78 is 44.6. The second kappa shape index (κ2) is 5.92. The molecule has 0 fully saturated rings. The lowest BCUT2D eigenvalue weighted by Gasteiger charge is -2.37. The van der Waals surface area contributed by atoms with Crippen LogP contribution in [0.3, 0.4) is 0 Å². The Labute approximate surface area is 112 Å². The monoisotopic (exact) mass is 275 g/mol. The Hall–Kier alpha value is -1.07. The molecule has 2 unspecified atom stereocenters. The van der Waals surface area contributed by atoms with Gasteiger partial charge in [0.15, 0.2) is 0 Å². The van der Waals surface area contributed by atoms with Crippen LogP contribution in [0.25, 0.3) is 0 Å². The summed E-state index contributed by atoms with van der Waals surface area (Å²) in [5, 5.41) is 2.95. The van der Waals surface area contributed by atoms with E-state index < -0.39 is 23.4 Å². The fraction of sp³-hybridized carbons (Fsp3) is 0.571. The van der Waals surface area contributed by atoms with Crippen molar-refractivity contribution in [1.29, 1.82) is 0 Å². The number of rotatable bonds is 5. The topological polar surface area (TPSA) is 21.3 Å². The second-order valence-corrected chi connectivity index (χ2v) is 4.68. The average Bonchev–Trinajstić information content (AvgIpc) is 2.38. The molecule has 0 bridgehead atoms. The summed E-state index contributed by atoms with van der Waals surface area (Å²) in [6.07, 6.45) is -3.77. The normalized spacial score (nSPS) is 17.0. The van der Waals surface area contributed by atoms with Crippen molar-refractivity contribution in [2.45, 2.75) is 38.1 Å². The highest BCUT2D eigenvalue weighted by Crippen LogP contribution is 2.39. The first kappa shape index (κ1) is 16.0. The minimum absolute atomic E-state index is 0.212. The van der Waals surface area contributed by atoms with E-state index >= 15 is 0 Å². The molecule has 0 saturated carbocycles. The minimum Gasteiger partial charge on any atom is -0.377 e. The van der Waals surface area contributed by atoms with Crippen LogP contribution in [0.1, 0.15) is 37.4 Å². The van der Waals surface area contributed by atoms with Gasteiger partial charge in [-0.2, -0.15) is 13.2 Å². The number of ether oxygens (including phenoxy) is 1. The fourth-order valence-electron chi connectivity index (χ4n) is 2.26. The first-order valence-corrected chi connectivity index (χ1v) is 6.18. The van der Waals surface area contributed by atoms with Gasteiger partial charge in [-0.1, -0.05) is 25.1 Å². The molecule has 0 aromatic heterocycles. The third-order valence-electron chi connectivity index (χ3n) is 3.64. The van der Waals surface area contributed by atoms with Gasteiger partial charge in [-0.05, 0) is 32.0 Å². The molecule has 1 N–H and O–H groups in total. The number of likely N-dealkylation sites (N-methyl/N-ethyl adjacent to an activating group) is 1. The number of benzene rings is 1. The minimum atomic E-state index is -4.37. The standard InChI is InChI=1S/C14H20F3NO/c1-5-13(2,19-4)12(18-3)10-8-6-7-9-11(10)14(15,16)17/h6-9,12,18H,5H2,1-4H3. The lowest BCUT2D eigenvalue weighted by Crippen LogP contribution is -2.42. The van der Waals surface area contributed by atoms with E-state index in [1.54, 1.807) is 20.0 Å². The van der Waals surface area contributed by atoms with Crippen molar-refractivity contribution < 1.29 is 17.9 Å². The van der Waals surface area contributed by atoms with Crippen LogP contribution in [0.4, 0.5) is 13.2 Å². The van der Waals surface area contributed by atoms with Crippen LogP contribution in [0.5, 0.6) is 0 Å². The van der Waals surface area contributed by atoms with Crippen LogP contribution in [-0.4, -0.2) is 19.8 Å². The predicted molar refractivity (Wildman–Crippen MR) is 68.9 cm³/mol. The maximum Gasteiger partial charge on any atom is 0.416 e. The molecule has 0 aliphatic rings. The summed E-state index contributed by atoms with van der Waals surface area (Å²) in [6.45, 7) is 3.70. The number of halogens is 3. The molecule has 5 heteroatoms. The smallest absolute Gasteiger partial charge is 0.377 e. The van der Waals surface area contributed by atoms with E-state index in [4.69, 9.17) is 4.74 Å². The van der Waals surface area contributed by atoms with Gasteiger partial charge in [-0.15, -0.1) is 0 Å². The molecule has 1 aromatic rings. The van der Waals surface area contributed by atoms with Crippen molar-refractivity contribution in [1.82, 2.24) is 5.32 Å². The highest BCUT2D eigenvalue weighted by atomic mass is 19.4. The van der Waals surface area contributed by atoms with Crippen LogP contribution >= 0.6 is 0 Å². The zero-order valence-electron chi connectivity index (χ0n) is 11.6. The molecule has 0 aliphatic heterocycles. The van der Waals surface area contributed by atoms with Gasteiger partial charge in [-0.25, -0.2) is 0 Å². The van der Waals surface area contributed by atoms with Gasteiger partial charge < -0.3 is 10.1 Å². The summed E-state index contributed by atoms with van der Waals surface area (Å²) in [7, 11) is 3.16. The zero-order chi connectivity index (χ0) is 14.7. The molecule has 2 nitrogen and oxygen atoms in total. The first-order valence-electron chi connectivity index (χ1n) is 6.18. The van der Waals surface area contributed by atoms with Gasteiger partial charge >= 0.3 is 6.18 Å². The van der Waals surface area contributed by atoms with E-state index in [0.29, 0.717) is 6.42 Å². The third-order valence-corrected chi connectivity index (χ3v) is 3.64. The first-order chi connectivity index (χ1) is 8.80. The molecule has 0 spiro atoms. The van der Waals surface area contributed by atoms with Gasteiger partial charge in [0.05, 0.1) is 17.2 Å². The maximum atomic E-state index is 13.1. The lowest BCUT2D eigenvalue weighted by atomic mass is 9.85. The second-order valence-electron chi connectivity index (χ2n) is 4.68. The Kier molecular flexibility index (Phi) is 4.98. The Balaban J connectivity index is 3.34. The van der Waals surface area contributed by atoms with E-state index in [9.17, 15) is 13.2 Å². The van der Waals surface area contributed by atoms with Crippen molar-refractivity contribution in [3.63, 3.8) is 0 Å². The molecule has 0 aliphatic carbocycles. The molecule has 19 heavy (non-hydrogen) atoms. The average molecular weight is 275 g/mol. The van der Waals surface area contributed by atoms with Crippen LogP contribution in [-0.2, 0) is 10.9 Å². The van der Waals surface area contributed by atoms with Gasteiger partial charge in [-0.3, -0.25) is 0 Å². The van der Waals surface area contributed by atoms with Gasteiger partial charge in [0, 0.05) is 7.11 Å². The van der Waals surface area contributed by atoms with Crippen LogP contribution in [0.2, 0.25) is 0 Å². The highest BCUT2D eigenvalue weighted by molar-refractivity contribution is 5.34. The van der Waals surface area contributed by atoms with E-state index in [-0.39, 0.29) is 5.56 Å². The quantitative estimate of drug-likeness (QED) is 0.883. The summed E-state index contributed by atoms with van der Waals surface area (Å²) >= 11 is 0. The van der Waals surface area contributed by atoms with Crippen molar-refractivity contribution in [2.75, 3.05) is 14.2 Å². The third kappa shape index (κ3) is 3.28. The number of hydrogen-bond donors (Lipinski definition) is 1. The van der Waals surface area contributed by atoms with Gasteiger partial charge in [0.2, 0.25) is 0 Å². The highest BCUT2D eigenvalue weighted by Gasteiger charge is 2.40. The molecule has 1 aromatic carbocycles.